The second kappa shape index (κ2) is 8.14. The SMILES string of the molecule is O=C(O)c1cc(Cl)c(Cl)cc1C(=O)O.O=C1OC(=O)c2cc(Cl)c(Cl)cc21. The Bertz CT molecular complexity index is 923. The first-order chi connectivity index (χ1) is 12.5. The zero-order valence-corrected chi connectivity index (χ0v) is 15.8. The van der Waals surface area contributed by atoms with Crippen LogP contribution in [0.5, 0.6) is 0 Å². The van der Waals surface area contributed by atoms with Gasteiger partial charge in [-0.05, 0) is 24.3 Å². The van der Waals surface area contributed by atoms with E-state index in [9.17, 15) is 19.2 Å². The van der Waals surface area contributed by atoms with Gasteiger partial charge in [0.05, 0.1) is 42.3 Å². The molecule has 1 heterocycles. The molecule has 1 aliphatic rings. The first-order valence-electron chi connectivity index (χ1n) is 6.74. The lowest BCUT2D eigenvalue weighted by Crippen LogP contribution is -2.07. The van der Waals surface area contributed by atoms with Crippen LogP contribution in [-0.4, -0.2) is 34.1 Å². The summed E-state index contributed by atoms with van der Waals surface area (Å²) in [5.41, 5.74) is -0.433. The monoisotopic (exact) mass is 450 g/mol. The largest absolute Gasteiger partial charge is 0.478 e. The Morgan fingerprint density at radius 2 is 0.963 bits per heavy atom. The van der Waals surface area contributed by atoms with Crippen LogP contribution in [-0.2, 0) is 4.74 Å². The van der Waals surface area contributed by atoms with Gasteiger partial charge in [-0.2, -0.15) is 0 Å². The number of hydrogen-bond donors (Lipinski definition) is 2. The average molecular weight is 452 g/mol. The van der Waals surface area contributed by atoms with Crippen molar-refractivity contribution in [3.8, 4) is 0 Å². The van der Waals surface area contributed by atoms with Crippen LogP contribution in [0.1, 0.15) is 41.4 Å². The summed E-state index contributed by atoms with van der Waals surface area (Å²) in [4.78, 5) is 43.2. The van der Waals surface area contributed by atoms with Gasteiger partial charge >= 0.3 is 23.9 Å². The molecule has 0 aromatic heterocycles. The van der Waals surface area contributed by atoms with Crippen molar-refractivity contribution >= 4 is 70.3 Å². The molecule has 0 fully saturated rings. The number of fused-ring (bicyclic) bond motifs is 1. The minimum atomic E-state index is -1.36. The molecule has 27 heavy (non-hydrogen) atoms. The summed E-state index contributed by atoms with van der Waals surface area (Å²) < 4.78 is 4.35. The quantitative estimate of drug-likeness (QED) is 0.502. The normalized spacial score (nSPS) is 12.0. The van der Waals surface area contributed by atoms with Crippen LogP contribution < -0.4 is 0 Å². The molecule has 2 aromatic carbocycles. The van der Waals surface area contributed by atoms with Crippen molar-refractivity contribution < 1.29 is 34.1 Å². The molecule has 0 amide bonds. The van der Waals surface area contributed by atoms with Crippen LogP contribution in [0.3, 0.4) is 0 Å². The summed E-state index contributed by atoms with van der Waals surface area (Å²) in [6, 6.07) is 4.67. The third-order valence-corrected chi connectivity index (χ3v) is 4.65. The molecule has 0 unspecified atom stereocenters. The number of rotatable bonds is 2. The van der Waals surface area contributed by atoms with Gasteiger partial charge in [-0.3, -0.25) is 0 Å². The molecule has 11 heteroatoms. The van der Waals surface area contributed by atoms with Crippen LogP contribution in [0.2, 0.25) is 20.1 Å². The molecule has 3 rings (SSSR count). The standard InChI is InChI=1S/C8H4Cl2O4.C8H2Cl2O3/c9-5-1-3(7(11)12)4(8(13)14)2-6(5)10;9-5-1-3-4(2-6(5)10)8(12)13-7(3)11/h1-2H,(H,11,12)(H,13,14);1-2H. The lowest BCUT2D eigenvalue weighted by molar-refractivity contribution is 0.0442. The second-order valence-electron chi connectivity index (χ2n) is 4.91. The van der Waals surface area contributed by atoms with Crippen LogP contribution >= 0.6 is 46.4 Å². The highest BCUT2D eigenvalue weighted by Gasteiger charge is 2.30. The molecule has 7 nitrogen and oxygen atoms in total. The van der Waals surface area contributed by atoms with Crippen LogP contribution in [0, 0.1) is 0 Å². The van der Waals surface area contributed by atoms with E-state index in [0.717, 1.165) is 12.1 Å². The number of carboxylic acids is 2. The van der Waals surface area contributed by atoms with Crippen LogP contribution in [0.25, 0.3) is 0 Å². The average Bonchev–Trinajstić information content (AvgIpc) is 2.84. The number of carboxylic acid groups (broad SMARTS) is 2. The highest BCUT2D eigenvalue weighted by Crippen LogP contribution is 2.30. The van der Waals surface area contributed by atoms with Gasteiger partial charge in [0.15, 0.2) is 0 Å². The lowest BCUT2D eigenvalue weighted by Gasteiger charge is -2.03. The Hall–Kier alpha value is -2.32. The number of benzene rings is 2. The fraction of sp³-hybridized carbons (Fsp3) is 0. The third-order valence-electron chi connectivity index (χ3n) is 3.21. The van der Waals surface area contributed by atoms with Gasteiger partial charge in [-0.25, -0.2) is 19.2 Å². The van der Waals surface area contributed by atoms with Gasteiger partial charge < -0.3 is 14.9 Å². The van der Waals surface area contributed by atoms with Crippen molar-refractivity contribution in [3.05, 3.63) is 66.6 Å². The van der Waals surface area contributed by atoms with Crippen LogP contribution in [0.15, 0.2) is 24.3 Å². The lowest BCUT2D eigenvalue weighted by atomic mass is 10.1. The molecule has 2 aromatic rings. The summed E-state index contributed by atoms with van der Waals surface area (Å²) in [6.45, 7) is 0. The Morgan fingerprint density at radius 1 is 0.667 bits per heavy atom. The summed E-state index contributed by atoms with van der Waals surface area (Å²) in [5, 5.41) is 17.8. The fourth-order valence-electron chi connectivity index (χ4n) is 1.98. The summed E-state index contributed by atoms with van der Waals surface area (Å²) in [7, 11) is 0. The second-order valence-corrected chi connectivity index (χ2v) is 6.54. The molecule has 0 saturated carbocycles. The highest BCUT2D eigenvalue weighted by molar-refractivity contribution is 6.43. The maximum absolute atomic E-state index is 11.0. The van der Waals surface area contributed by atoms with E-state index in [1.54, 1.807) is 0 Å². The summed E-state index contributed by atoms with van der Waals surface area (Å²) >= 11 is 22.4. The van der Waals surface area contributed by atoms with E-state index in [2.05, 4.69) is 4.74 Å². The maximum atomic E-state index is 11.0. The highest BCUT2D eigenvalue weighted by atomic mass is 35.5. The Labute approximate surface area is 171 Å². The van der Waals surface area contributed by atoms with Crippen molar-refractivity contribution in [2.75, 3.05) is 0 Å². The zero-order valence-electron chi connectivity index (χ0n) is 12.8. The Balaban J connectivity index is 0.000000194. The van der Waals surface area contributed by atoms with Crippen molar-refractivity contribution in [2.24, 2.45) is 0 Å². The molecular formula is C16H6Cl4O7. The zero-order chi connectivity index (χ0) is 20.5. The smallest absolute Gasteiger partial charge is 0.346 e. The third kappa shape index (κ3) is 4.51. The van der Waals surface area contributed by atoms with E-state index in [1.807, 2.05) is 0 Å². The molecule has 1 aliphatic heterocycles. The molecule has 0 radical (unpaired) electrons. The summed E-state index contributed by atoms with van der Waals surface area (Å²) in [5.74, 6) is -4.08. The molecule has 0 saturated heterocycles. The Kier molecular flexibility index (Phi) is 6.33. The molecule has 0 spiro atoms. The molecule has 0 aliphatic carbocycles. The maximum Gasteiger partial charge on any atom is 0.346 e. The minimum Gasteiger partial charge on any atom is -0.478 e. The molecule has 140 valence electrons. The van der Waals surface area contributed by atoms with E-state index in [-0.39, 0.29) is 42.3 Å². The van der Waals surface area contributed by atoms with E-state index >= 15 is 0 Å². The molecular weight excluding hydrogens is 446 g/mol. The number of aromatic carboxylic acids is 2. The van der Waals surface area contributed by atoms with E-state index in [4.69, 9.17) is 56.6 Å². The number of carbonyl (C=O) groups excluding carboxylic acids is 2. The number of halogens is 4. The fourth-order valence-corrected chi connectivity index (χ4v) is 2.63. The van der Waals surface area contributed by atoms with E-state index in [0.29, 0.717) is 0 Å². The van der Waals surface area contributed by atoms with Gasteiger partial charge in [0.1, 0.15) is 0 Å². The van der Waals surface area contributed by atoms with Crippen molar-refractivity contribution in [1.29, 1.82) is 0 Å². The first kappa shape index (κ1) is 21.0. The number of cyclic esters (lactones) is 2. The summed E-state index contributed by atoms with van der Waals surface area (Å²) in [6.07, 6.45) is 0. The van der Waals surface area contributed by atoms with E-state index in [1.165, 1.54) is 12.1 Å². The van der Waals surface area contributed by atoms with Crippen molar-refractivity contribution in [3.63, 3.8) is 0 Å². The van der Waals surface area contributed by atoms with Crippen molar-refractivity contribution in [1.82, 2.24) is 0 Å². The van der Waals surface area contributed by atoms with Gasteiger partial charge in [0.25, 0.3) is 0 Å². The van der Waals surface area contributed by atoms with Gasteiger partial charge in [-0.1, -0.05) is 46.4 Å². The predicted molar refractivity (Wildman–Crippen MR) is 96.6 cm³/mol. The minimum absolute atomic E-state index is 0.00840. The van der Waals surface area contributed by atoms with Gasteiger partial charge in [0, 0.05) is 0 Å². The topological polar surface area (TPSA) is 118 Å². The number of ether oxygens (including phenoxy) is 1. The number of esters is 2. The molecule has 2 N–H and O–H groups in total. The molecule has 0 bridgehead atoms. The molecule has 0 atom stereocenters. The Morgan fingerprint density at radius 3 is 1.26 bits per heavy atom. The number of hydrogen-bond acceptors (Lipinski definition) is 5. The van der Waals surface area contributed by atoms with Gasteiger partial charge in [0.2, 0.25) is 0 Å². The predicted octanol–water partition coefficient (Wildman–Crippen LogP) is 4.69. The van der Waals surface area contributed by atoms with Crippen molar-refractivity contribution in [2.45, 2.75) is 0 Å². The van der Waals surface area contributed by atoms with Gasteiger partial charge in [-0.15, -0.1) is 0 Å². The van der Waals surface area contributed by atoms with Crippen LogP contribution in [0.4, 0.5) is 0 Å². The number of carbonyl (C=O) groups is 4. The van der Waals surface area contributed by atoms with E-state index < -0.39 is 23.9 Å². The first-order valence-corrected chi connectivity index (χ1v) is 8.25.